The van der Waals surface area contributed by atoms with Crippen molar-refractivity contribution in [1.82, 2.24) is 4.90 Å². The molecule has 0 saturated carbocycles. The van der Waals surface area contributed by atoms with Crippen LogP contribution in [-0.2, 0) is 9.47 Å². The summed E-state index contributed by atoms with van der Waals surface area (Å²) in [6, 6.07) is 3.58. The van der Waals surface area contributed by atoms with Crippen molar-refractivity contribution in [1.29, 1.82) is 0 Å². The Morgan fingerprint density at radius 3 is 2.46 bits per heavy atom. The van der Waals surface area contributed by atoms with Crippen molar-refractivity contribution in [2.75, 3.05) is 26.4 Å². The Hall–Kier alpha value is -2.19. The zero-order valence-corrected chi connectivity index (χ0v) is 17.1. The van der Waals surface area contributed by atoms with Gasteiger partial charge >= 0.3 is 0 Å². The van der Waals surface area contributed by atoms with Crippen LogP contribution >= 0.6 is 0 Å². The van der Waals surface area contributed by atoms with Crippen LogP contribution in [0, 0.1) is 10.1 Å². The zero-order chi connectivity index (χ0) is 20.7. The van der Waals surface area contributed by atoms with E-state index < -0.39 is 18.4 Å². The molecule has 8 nitrogen and oxygen atoms in total. The first-order valence-electron chi connectivity index (χ1n) is 9.88. The van der Waals surface area contributed by atoms with Gasteiger partial charge in [-0.15, -0.1) is 0 Å². The zero-order valence-electron chi connectivity index (χ0n) is 17.1. The predicted molar refractivity (Wildman–Crippen MR) is 104 cm³/mol. The molecule has 1 heterocycles. The highest BCUT2D eigenvalue weighted by Crippen LogP contribution is 2.38. The highest BCUT2D eigenvalue weighted by molar-refractivity contribution is 5.99. The van der Waals surface area contributed by atoms with Crippen LogP contribution in [0.2, 0.25) is 0 Å². The number of nitro groups is 1. The van der Waals surface area contributed by atoms with Crippen LogP contribution in [0.1, 0.15) is 62.5 Å². The normalized spacial score (nSPS) is 17.1. The van der Waals surface area contributed by atoms with E-state index in [1.165, 1.54) is 11.8 Å². The van der Waals surface area contributed by atoms with E-state index in [2.05, 4.69) is 6.92 Å². The van der Waals surface area contributed by atoms with Gasteiger partial charge in [0.05, 0.1) is 13.2 Å². The fraction of sp³-hybridized carbons (Fsp3) is 0.650. The number of hydrogen-bond donors (Lipinski definition) is 0. The number of ether oxygens (including phenoxy) is 3. The summed E-state index contributed by atoms with van der Waals surface area (Å²) in [7, 11) is 0. The maximum atomic E-state index is 13.1. The molecule has 1 amide bonds. The molecule has 0 fully saturated rings. The van der Waals surface area contributed by atoms with Crippen molar-refractivity contribution in [2.24, 2.45) is 0 Å². The molecular formula is C20H30N2O6. The van der Waals surface area contributed by atoms with E-state index in [9.17, 15) is 14.9 Å². The summed E-state index contributed by atoms with van der Waals surface area (Å²) in [4.78, 5) is 25.7. The van der Waals surface area contributed by atoms with Crippen LogP contribution in [-0.4, -0.2) is 54.4 Å². The summed E-state index contributed by atoms with van der Waals surface area (Å²) in [6.07, 6.45) is 1.30. The maximum Gasteiger partial charge on any atom is 0.255 e. The number of carbonyl (C=O) groups excluding carboxylic acids is 1. The van der Waals surface area contributed by atoms with Crippen molar-refractivity contribution < 1.29 is 23.9 Å². The lowest BCUT2D eigenvalue weighted by Gasteiger charge is -2.29. The van der Waals surface area contributed by atoms with E-state index >= 15 is 0 Å². The van der Waals surface area contributed by atoms with Crippen molar-refractivity contribution >= 4 is 5.91 Å². The smallest absolute Gasteiger partial charge is 0.255 e. The molecule has 0 bridgehead atoms. The first-order chi connectivity index (χ1) is 13.4. The van der Waals surface area contributed by atoms with E-state index in [0.29, 0.717) is 36.7 Å². The summed E-state index contributed by atoms with van der Waals surface area (Å²) in [5.41, 5.74) is 1.09. The van der Waals surface area contributed by atoms with Gasteiger partial charge in [-0.2, -0.15) is 0 Å². The molecule has 156 valence electrons. The number of carbonyl (C=O) groups is 1. The monoisotopic (exact) mass is 394 g/mol. The number of amides is 1. The summed E-state index contributed by atoms with van der Waals surface area (Å²) in [5.74, 6) is 0.333. The molecule has 1 aromatic rings. The minimum atomic E-state index is -0.957. The molecule has 0 spiro atoms. The van der Waals surface area contributed by atoms with Gasteiger partial charge in [0.1, 0.15) is 11.8 Å². The van der Waals surface area contributed by atoms with Crippen LogP contribution in [0.25, 0.3) is 0 Å². The molecule has 8 heteroatoms. The lowest BCUT2D eigenvalue weighted by molar-refractivity contribution is -0.526. The Labute approximate surface area is 165 Å². The van der Waals surface area contributed by atoms with Crippen molar-refractivity contribution in [3.05, 3.63) is 39.4 Å². The van der Waals surface area contributed by atoms with Gasteiger partial charge in [0, 0.05) is 30.6 Å². The van der Waals surface area contributed by atoms with Gasteiger partial charge < -0.3 is 19.1 Å². The van der Waals surface area contributed by atoms with E-state index in [4.69, 9.17) is 14.2 Å². The molecule has 0 radical (unpaired) electrons. The van der Waals surface area contributed by atoms with Crippen molar-refractivity contribution in [2.45, 2.75) is 58.9 Å². The highest BCUT2D eigenvalue weighted by atomic mass is 16.7. The summed E-state index contributed by atoms with van der Waals surface area (Å²) >= 11 is 0. The molecule has 2 rings (SSSR count). The summed E-state index contributed by atoms with van der Waals surface area (Å²) in [5, 5.41) is 11.5. The van der Waals surface area contributed by atoms with Gasteiger partial charge in [-0.3, -0.25) is 14.9 Å². The minimum Gasteiger partial charge on any atom is -0.494 e. The maximum absolute atomic E-state index is 13.1. The van der Waals surface area contributed by atoms with E-state index in [1.807, 2.05) is 13.8 Å². The fourth-order valence-electron chi connectivity index (χ4n) is 3.37. The molecule has 0 aromatic heterocycles. The van der Waals surface area contributed by atoms with E-state index in [0.717, 1.165) is 12.8 Å². The number of hydrogen-bond acceptors (Lipinski definition) is 6. The Balaban J connectivity index is 2.32. The van der Waals surface area contributed by atoms with Crippen molar-refractivity contribution in [3.63, 3.8) is 0 Å². The largest absolute Gasteiger partial charge is 0.494 e. The van der Waals surface area contributed by atoms with Gasteiger partial charge in [-0.05, 0) is 38.0 Å². The topological polar surface area (TPSA) is 91.1 Å². The minimum absolute atomic E-state index is 0.129. The van der Waals surface area contributed by atoms with Gasteiger partial charge in [0.2, 0.25) is 6.04 Å². The Bertz CT molecular complexity index is 675. The standard InChI is InChI=1S/C20H30N2O6/c1-5-8-11-28-15-9-10-16-17(12-15)20(23)21(19(16)14(4)22(24)25)13-18(26-6-2)27-7-3/h9-10,12,14,18-19H,5-8,11,13H2,1-4H3. The van der Waals surface area contributed by atoms with Crippen LogP contribution < -0.4 is 4.74 Å². The molecule has 1 aromatic carbocycles. The average molecular weight is 394 g/mol. The second-order valence-electron chi connectivity index (χ2n) is 6.72. The van der Waals surface area contributed by atoms with Gasteiger partial charge in [-0.1, -0.05) is 19.4 Å². The third-order valence-electron chi connectivity index (χ3n) is 4.78. The van der Waals surface area contributed by atoms with Crippen LogP contribution in [0.4, 0.5) is 0 Å². The molecular weight excluding hydrogens is 364 g/mol. The van der Waals surface area contributed by atoms with E-state index in [1.54, 1.807) is 18.2 Å². The number of benzene rings is 1. The summed E-state index contributed by atoms with van der Waals surface area (Å²) < 4.78 is 16.8. The number of nitrogens with zero attached hydrogens (tertiary/aromatic N) is 2. The van der Waals surface area contributed by atoms with Crippen molar-refractivity contribution in [3.8, 4) is 5.75 Å². The first kappa shape index (κ1) is 22.1. The molecule has 2 atom stereocenters. The molecule has 0 N–H and O–H groups in total. The lowest BCUT2D eigenvalue weighted by Crippen LogP contribution is -2.42. The van der Waals surface area contributed by atoms with Crippen LogP contribution in [0.15, 0.2) is 18.2 Å². The first-order valence-corrected chi connectivity index (χ1v) is 9.88. The summed E-state index contributed by atoms with van der Waals surface area (Å²) in [6.45, 7) is 8.80. The average Bonchev–Trinajstić information content (AvgIpc) is 2.93. The molecule has 0 saturated heterocycles. The van der Waals surface area contributed by atoms with E-state index in [-0.39, 0.29) is 17.4 Å². The second-order valence-corrected chi connectivity index (χ2v) is 6.72. The molecule has 2 unspecified atom stereocenters. The van der Waals surface area contributed by atoms with Crippen LogP contribution in [0.5, 0.6) is 5.75 Å². The number of unbranched alkanes of at least 4 members (excludes halogenated alkanes) is 1. The molecule has 28 heavy (non-hydrogen) atoms. The third kappa shape index (κ3) is 4.99. The lowest BCUT2D eigenvalue weighted by atomic mass is 9.99. The van der Waals surface area contributed by atoms with Gasteiger partial charge in [0.25, 0.3) is 5.91 Å². The second kappa shape index (κ2) is 10.4. The van der Waals surface area contributed by atoms with Gasteiger partial charge in [0.15, 0.2) is 6.29 Å². The molecule has 1 aliphatic rings. The fourth-order valence-corrected chi connectivity index (χ4v) is 3.37. The molecule has 1 aliphatic heterocycles. The Kier molecular flexibility index (Phi) is 8.19. The molecule has 0 aliphatic carbocycles. The van der Waals surface area contributed by atoms with Crippen LogP contribution in [0.3, 0.4) is 0 Å². The SMILES string of the molecule is CCCCOc1ccc2c(c1)C(=O)N(CC(OCC)OCC)C2C(C)[N+](=O)[O-]. The van der Waals surface area contributed by atoms with Gasteiger partial charge in [-0.25, -0.2) is 0 Å². The Morgan fingerprint density at radius 1 is 1.21 bits per heavy atom. The highest BCUT2D eigenvalue weighted by Gasteiger charge is 2.45. The third-order valence-corrected chi connectivity index (χ3v) is 4.78. The quantitative estimate of drug-likeness (QED) is 0.233. The predicted octanol–water partition coefficient (Wildman–Crippen LogP) is 3.43. The Morgan fingerprint density at radius 2 is 1.89 bits per heavy atom. The number of rotatable bonds is 12. The number of fused-ring (bicyclic) bond motifs is 1.